The number of hydrogen-bond donors (Lipinski definition) is 1. The predicted octanol–water partition coefficient (Wildman–Crippen LogP) is 3.62. The van der Waals surface area contributed by atoms with Crippen LogP contribution in [-0.4, -0.2) is 31.7 Å². The molecule has 2 aromatic carbocycles. The van der Waals surface area contributed by atoms with Crippen LogP contribution in [0.5, 0.6) is 0 Å². The van der Waals surface area contributed by atoms with Crippen molar-refractivity contribution in [2.45, 2.75) is 30.7 Å². The van der Waals surface area contributed by atoms with Crippen LogP contribution in [-0.2, 0) is 14.8 Å². The Morgan fingerprint density at radius 1 is 1.07 bits per heavy atom. The number of nitrogens with zero attached hydrogens (tertiary/aromatic N) is 1. The van der Waals surface area contributed by atoms with E-state index in [4.69, 9.17) is 11.6 Å². The van der Waals surface area contributed by atoms with E-state index in [9.17, 15) is 13.2 Å². The topological polar surface area (TPSA) is 66.5 Å². The maximum absolute atomic E-state index is 12.7. The molecule has 0 aliphatic carbocycles. The smallest absolute Gasteiger partial charge is 0.243 e. The van der Waals surface area contributed by atoms with Crippen molar-refractivity contribution in [2.24, 2.45) is 5.92 Å². The largest absolute Gasteiger partial charge is 0.349 e. The first kappa shape index (κ1) is 19.9. The van der Waals surface area contributed by atoms with Crippen LogP contribution in [0.15, 0.2) is 59.5 Å². The molecule has 0 aromatic heterocycles. The normalized spacial score (nSPS) is 17.4. The summed E-state index contributed by atoms with van der Waals surface area (Å²) in [5, 5.41) is 3.53. The average molecular weight is 407 g/mol. The zero-order valence-corrected chi connectivity index (χ0v) is 16.7. The molecule has 144 valence electrons. The highest BCUT2D eigenvalue weighted by Crippen LogP contribution is 2.25. The van der Waals surface area contributed by atoms with Crippen molar-refractivity contribution in [2.75, 3.05) is 13.1 Å². The van der Waals surface area contributed by atoms with Gasteiger partial charge in [0.25, 0.3) is 0 Å². The summed E-state index contributed by atoms with van der Waals surface area (Å²) in [4.78, 5) is 12.8. The number of halogens is 1. The summed E-state index contributed by atoms with van der Waals surface area (Å²) in [6.07, 6.45) is 1.03. The van der Waals surface area contributed by atoms with Gasteiger partial charge in [-0.2, -0.15) is 4.31 Å². The third-order valence-electron chi connectivity index (χ3n) is 4.93. The lowest BCUT2D eigenvalue weighted by atomic mass is 9.96. The monoisotopic (exact) mass is 406 g/mol. The first-order valence-electron chi connectivity index (χ1n) is 8.99. The van der Waals surface area contributed by atoms with Crippen LogP contribution in [0.1, 0.15) is 31.4 Å². The Balaban J connectivity index is 1.58. The van der Waals surface area contributed by atoms with Crippen LogP contribution in [0.4, 0.5) is 0 Å². The van der Waals surface area contributed by atoms with E-state index in [1.165, 1.54) is 16.4 Å². The number of nitrogens with one attached hydrogen (secondary N) is 1. The molecule has 3 rings (SSSR count). The van der Waals surface area contributed by atoms with Crippen LogP contribution < -0.4 is 5.32 Å². The Morgan fingerprint density at radius 3 is 2.26 bits per heavy atom. The molecule has 27 heavy (non-hydrogen) atoms. The molecule has 1 unspecified atom stereocenters. The third kappa shape index (κ3) is 4.69. The molecular weight excluding hydrogens is 384 g/mol. The summed E-state index contributed by atoms with van der Waals surface area (Å²) in [5.74, 6) is -0.192. The fraction of sp³-hybridized carbons (Fsp3) is 0.350. The fourth-order valence-corrected chi connectivity index (χ4v) is 4.87. The minimum Gasteiger partial charge on any atom is -0.349 e. The predicted molar refractivity (Wildman–Crippen MR) is 106 cm³/mol. The van der Waals surface area contributed by atoms with Gasteiger partial charge < -0.3 is 5.32 Å². The lowest BCUT2D eigenvalue weighted by Gasteiger charge is -2.31. The summed E-state index contributed by atoms with van der Waals surface area (Å²) >= 11 is 5.83. The second-order valence-corrected chi connectivity index (χ2v) is 9.15. The summed E-state index contributed by atoms with van der Waals surface area (Å²) < 4.78 is 26.9. The van der Waals surface area contributed by atoms with Gasteiger partial charge in [-0.1, -0.05) is 41.9 Å². The van der Waals surface area contributed by atoms with E-state index in [-0.39, 0.29) is 22.8 Å². The van der Waals surface area contributed by atoms with E-state index in [0.29, 0.717) is 31.0 Å². The Kier molecular flexibility index (Phi) is 6.19. The molecule has 7 heteroatoms. The van der Waals surface area contributed by atoms with Crippen LogP contribution >= 0.6 is 11.6 Å². The maximum atomic E-state index is 12.7. The van der Waals surface area contributed by atoms with E-state index < -0.39 is 10.0 Å². The van der Waals surface area contributed by atoms with E-state index in [1.54, 1.807) is 12.1 Å². The molecule has 0 radical (unpaired) electrons. The molecule has 5 nitrogen and oxygen atoms in total. The number of piperidine rings is 1. The van der Waals surface area contributed by atoms with Crippen molar-refractivity contribution < 1.29 is 13.2 Å². The van der Waals surface area contributed by atoms with Crippen LogP contribution in [0.2, 0.25) is 5.02 Å². The third-order valence-corrected chi connectivity index (χ3v) is 7.10. The van der Waals surface area contributed by atoms with Crippen molar-refractivity contribution >= 4 is 27.5 Å². The van der Waals surface area contributed by atoms with Crippen molar-refractivity contribution in [3.8, 4) is 0 Å². The highest BCUT2D eigenvalue weighted by Gasteiger charge is 2.32. The van der Waals surface area contributed by atoms with Crippen LogP contribution in [0.25, 0.3) is 0 Å². The van der Waals surface area contributed by atoms with Gasteiger partial charge in [-0.3, -0.25) is 4.79 Å². The van der Waals surface area contributed by atoms with Gasteiger partial charge in [0.05, 0.1) is 10.9 Å². The van der Waals surface area contributed by atoms with Gasteiger partial charge in [-0.05, 0) is 49.6 Å². The highest BCUT2D eigenvalue weighted by atomic mass is 35.5. The van der Waals surface area contributed by atoms with Gasteiger partial charge in [-0.15, -0.1) is 0 Å². The fourth-order valence-electron chi connectivity index (χ4n) is 3.27. The summed E-state index contributed by atoms with van der Waals surface area (Å²) in [6, 6.07) is 15.9. The standard InChI is InChI=1S/C20H23ClN2O3S/c1-15(16-5-3-2-4-6-16)22-20(24)17-11-13-23(14-12-17)27(25,26)19-9-7-18(21)8-10-19/h2-10,15,17H,11-14H2,1H3,(H,22,24). The van der Waals surface area contributed by atoms with Crippen molar-refractivity contribution in [1.82, 2.24) is 9.62 Å². The SMILES string of the molecule is CC(NC(=O)C1CCN(S(=O)(=O)c2ccc(Cl)cc2)CC1)c1ccccc1. The molecule has 1 saturated heterocycles. The minimum absolute atomic E-state index is 0.0186. The number of carbonyl (C=O) groups is 1. The number of benzene rings is 2. The first-order chi connectivity index (χ1) is 12.9. The van der Waals surface area contributed by atoms with Gasteiger partial charge >= 0.3 is 0 Å². The molecule has 1 aliphatic rings. The van der Waals surface area contributed by atoms with Gasteiger partial charge in [0.2, 0.25) is 15.9 Å². The Labute approximate surface area is 165 Å². The van der Waals surface area contributed by atoms with Gasteiger partial charge in [-0.25, -0.2) is 8.42 Å². The Bertz CT molecular complexity index is 877. The molecular formula is C20H23ClN2O3S. The maximum Gasteiger partial charge on any atom is 0.243 e. The van der Waals surface area contributed by atoms with E-state index in [2.05, 4.69) is 5.32 Å². The lowest BCUT2D eigenvalue weighted by Crippen LogP contribution is -2.43. The summed E-state index contributed by atoms with van der Waals surface area (Å²) in [5.41, 5.74) is 1.05. The number of sulfonamides is 1. The molecule has 1 fully saturated rings. The molecule has 0 bridgehead atoms. The van der Waals surface area contributed by atoms with Gasteiger partial charge in [0.15, 0.2) is 0 Å². The van der Waals surface area contributed by atoms with Crippen LogP contribution in [0.3, 0.4) is 0 Å². The van der Waals surface area contributed by atoms with Gasteiger partial charge in [0, 0.05) is 24.0 Å². The molecule has 2 aromatic rings. The zero-order chi connectivity index (χ0) is 19.4. The summed E-state index contributed by atoms with van der Waals surface area (Å²) in [6.45, 7) is 2.62. The van der Waals surface area contributed by atoms with Gasteiger partial charge in [0.1, 0.15) is 0 Å². The minimum atomic E-state index is -3.55. The molecule has 0 spiro atoms. The van der Waals surface area contributed by atoms with Crippen LogP contribution in [0, 0.1) is 5.92 Å². The second kappa shape index (κ2) is 8.42. The molecule has 1 N–H and O–H groups in total. The van der Waals surface area contributed by atoms with Crippen molar-refractivity contribution in [3.05, 3.63) is 65.2 Å². The summed E-state index contributed by atoms with van der Waals surface area (Å²) in [7, 11) is -3.55. The molecule has 0 saturated carbocycles. The molecule has 1 heterocycles. The van der Waals surface area contributed by atoms with Crippen molar-refractivity contribution in [3.63, 3.8) is 0 Å². The van der Waals surface area contributed by atoms with E-state index in [0.717, 1.165) is 5.56 Å². The quantitative estimate of drug-likeness (QED) is 0.824. The van der Waals surface area contributed by atoms with E-state index in [1.807, 2.05) is 37.3 Å². The number of carbonyl (C=O) groups excluding carboxylic acids is 1. The highest BCUT2D eigenvalue weighted by molar-refractivity contribution is 7.89. The number of amides is 1. The number of rotatable bonds is 5. The van der Waals surface area contributed by atoms with Crippen molar-refractivity contribution in [1.29, 1.82) is 0 Å². The number of hydrogen-bond acceptors (Lipinski definition) is 3. The lowest BCUT2D eigenvalue weighted by molar-refractivity contribution is -0.126. The van der Waals surface area contributed by atoms with E-state index >= 15 is 0 Å². The average Bonchev–Trinajstić information content (AvgIpc) is 2.69. The first-order valence-corrected chi connectivity index (χ1v) is 10.8. The molecule has 1 atom stereocenters. The Hall–Kier alpha value is -1.89. The zero-order valence-electron chi connectivity index (χ0n) is 15.1. The Morgan fingerprint density at radius 2 is 1.67 bits per heavy atom. The molecule has 1 aliphatic heterocycles. The second-order valence-electron chi connectivity index (χ2n) is 6.77. The molecule has 1 amide bonds.